The van der Waals surface area contributed by atoms with E-state index in [-0.39, 0.29) is 11.7 Å². The van der Waals surface area contributed by atoms with Crippen LogP contribution in [0.1, 0.15) is 4.88 Å². The van der Waals surface area contributed by atoms with E-state index >= 15 is 0 Å². The number of imide groups is 1. The molecule has 0 aliphatic rings. The van der Waals surface area contributed by atoms with E-state index < -0.39 is 6.03 Å². The largest absolute Gasteiger partial charge is 0.333 e. The summed E-state index contributed by atoms with van der Waals surface area (Å²) in [6.45, 7) is 4.78. The minimum Gasteiger partial charge on any atom is -0.333 e. The Morgan fingerprint density at radius 3 is 2.88 bits per heavy atom. The lowest BCUT2D eigenvalue weighted by Gasteiger charge is -2.07. The Labute approximate surface area is 159 Å². The topological polar surface area (TPSA) is 76.0 Å². The molecule has 134 valence electrons. The summed E-state index contributed by atoms with van der Waals surface area (Å²) < 4.78 is 2.00. The van der Waals surface area contributed by atoms with E-state index in [0.717, 1.165) is 21.1 Å². The van der Waals surface area contributed by atoms with Gasteiger partial charge in [-0.1, -0.05) is 36.0 Å². The minimum absolute atomic E-state index is 0.104. The van der Waals surface area contributed by atoms with Crippen LogP contribution < -0.4 is 10.6 Å². The van der Waals surface area contributed by atoms with Crippen molar-refractivity contribution in [3.05, 3.63) is 59.3 Å². The maximum Gasteiger partial charge on any atom is 0.321 e. The average Bonchev–Trinajstić information content (AvgIpc) is 3.27. The Hall–Kier alpha value is -2.58. The van der Waals surface area contributed by atoms with Crippen LogP contribution in [0.4, 0.5) is 4.79 Å². The van der Waals surface area contributed by atoms with E-state index in [1.807, 2.05) is 46.3 Å². The van der Waals surface area contributed by atoms with Gasteiger partial charge in [0.2, 0.25) is 5.91 Å². The summed E-state index contributed by atoms with van der Waals surface area (Å²) in [5.74, 6) is -0.261. The molecule has 0 spiro atoms. The Kier molecular flexibility index (Phi) is 6.08. The number of carbonyl (C=O) groups excluding carboxylic acids is 2. The average molecular weight is 387 g/mol. The number of urea groups is 1. The van der Waals surface area contributed by atoms with Gasteiger partial charge in [0.1, 0.15) is 0 Å². The van der Waals surface area contributed by atoms with Gasteiger partial charge in [0.25, 0.3) is 0 Å². The van der Waals surface area contributed by atoms with Crippen LogP contribution >= 0.6 is 23.1 Å². The van der Waals surface area contributed by atoms with Gasteiger partial charge in [-0.05, 0) is 23.6 Å². The highest BCUT2D eigenvalue weighted by molar-refractivity contribution is 7.99. The monoisotopic (exact) mass is 386 g/mol. The lowest BCUT2D eigenvalue weighted by molar-refractivity contribution is -0.117. The number of carbonyl (C=O) groups is 2. The molecule has 2 aromatic heterocycles. The van der Waals surface area contributed by atoms with Crippen molar-refractivity contribution in [2.24, 2.45) is 0 Å². The van der Waals surface area contributed by atoms with E-state index in [9.17, 15) is 9.59 Å². The van der Waals surface area contributed by atoms with Crippen LogP contribution in [-0.2, 0) is 17.9 Å². The van der Waals surface area contributed by atoms with Gasteiger partial charge >= 0.3 is 6.03 Å². The number of hydrogen-bond acceptors (Lipinski definition) is 5. The Bertz CT molecular complexity index is 919. The number of allylic oxidation sites excluding steroid dienone is 1. The molecule has 8 heteroatoms. The third-order valence-corrected chi connectivity index (χ3v) is 5.37. The first-order valence-electron chi connectivity index (χ1n) is 7.96. The number of nitrogens with zero attached hydrogens (tertiary/aromatic N) is 2. The molecule has 0 atom stereocenters. The summed E-state index contributed by atoms with van der Waals surface area (Å²) in [5.41, 5.74) is 1.86. The van der Waals surface area contributed by atoms with Crippen molar-refractivity contribution in [1.29, 1.82) is 0 Å². The molecule has 1 aromatic carbocycles. The maximum atomic E-state index is 12.0. The molecule has 0 fully saturated rings. The molecule has 6 nitrogen and oxygen atoms in total. The predicted molar refractivity (Wildman–Crippen MR) is 105 cm³/mol. The number of rotatable bonds is 7. The van der Waals surface area contributed by atoms with Crippen molar-refractivity contribution in [3.63, 3.8) is 0 Å². The molecule has 0 bridgehead atoms. The second-order valence-electron chi connectivity index (χ2n) is 5.38. The maximum absolute atomic E-state index is 12.0. The van der Waals surface area contributed by atoms with Crippen molar-refractivity contribution < 1.29 is 9.59 Å². The van der Waals surface area contributed by atoms with Gasteiger partial charge in [0.05, 0.1) is 23.3 Å². The van der Waals surface area contributed by atoms with E-state index in [4.69, 9.17) is 0 Å². The number of imidazole rings is 1. The number of para-hydroxylation sites is 2. The highest BCUT2D eigenvalue weighted by Gasteiger charge is 2.13. The van der Waals surface area contributed by atoms with Crippen LogP contribution in [0.3, 0.4) is 0 Å². The molecule has 0 saturated heterocycles. The van der Waals surface area contributed by atoms with Gasteiger partial charge in [-0.15, -0.1) is 17.9 Å². The molecule has 2 N–H and O–H groups in total. The van der Waals surface area contributed by atoms with E-state index in [2.05, 4.69) is 22.2 Å². The van der Waals surface area contributed by atoms with E-state index in [1.54, 1.807) is 17.4 Å². The number of thiophene rings is 1. The number of benzene rings is 1. The molecule has 0 aliphatic carbocycles. The summed E-state index contributed by atoms with van der Waals surface area (Å²) in [5, 5.41) is 7.66. The fraction of sp³-hybridized carbons (Fsp3) is 0.167. The predicted octanol–water partition coefficient (Wildman–Crippen LogP) is 3.40. The quantitative estimate of drug-likeness (QED) is 0.482. The van der Waals surface area contributed by atoms with Gasteiger partial charge in [-0.25, -0.2) is 9.78 Å². The standard InChI is InChI=1S/C18H18N4O2S2/c1-2-9-22-15-8-4-3-7-14(15)20-18(22)26-12-16(23)21-17(24)19-11-13-6-5-10-25-13/h2-8,10H,1,9,11-12H2,(H2,19,21,23,24). The van der Waals surface area contributed by atoms with Gasteiger partial charge in [0.15, 0.2) is 5.16 Å². The zero-order valence-electron chi connectivity index (χ0n) is 14.0. The van der Waals surface area contributed by atoms with Crippen molar-refractivity contribution in [3.8, 4) is 0 Å². The zero-order valence-corrected chi connectivity index (χ0v) is 15.6. The summed E-state index contributed by atoms with van der Waals surface area (Å²) in [4.78, 5) is 29.4. The second kappa shape index (κ2) is 8.68. The molecule has 3 aromatic rings. The molecule has 0 saturated carbocycles. The van der Waals surface area contributed by atoms with E-state index in [0.29, 0.717) is 13.1 Å². The zero-order chi connectivity index (χ0) is 18.4. The Morgan fingerprint density at radius 1 is 1.27 bits per heavy atom. The minimum atomic E-state index is -0.497. The third-order valence-electron chi connectivity index (χ3n) is 3.52. The van der Waals surface area contributed by atoms with Crippen LogP contribution in [0.15, 0.2) is 59.6 Å². The molecular weight excluding hydrogens is 368 g/mol. The lowest BCUT2D eigenvalue weighted by Crippen LogP contribution is -2.39. The molecule has 2 heterocycles. The number of nitrogens with one attached hydrogen (secondary N) is 2. The van der Waals surface area contributed by atoms with E-state index in [1.165, 1.54) is 11.8 Å². The molecule has 0 aliphatic heterocycles. The van der Waals surface area contributed by atoms with Gasteiger partial charge < -0.3 is 9.88 Å². The van der Waals surface area contributed by atoms with Gasteiger partial charge in [-0.2, -0.15) is 0 Å². The summed E-state index contributed by atoms with van der Waals surface area (Å²) in [6, 6.07) is 11.1. The summed E-state index contributed by atoms with van der Waals surface area (Å²) in [7, 11) is 0. The van der Waals surface area contributed by atoms with Crippen molar-refractivity contribution in [2.75, 3.05) is 5.75 Å². The highest BCUT2D eigenvalue weighted by atomic mass is 32.2. The number of thioether (sulfide) groups is 1. The molecule has 0 radical (unpaired) electrons. The van der Waals surface area contributed by atoms with Crippen molar-refractivity contribution >= 4 is 46.1 Å². The molecule has 26 heavy (non-hydrogen) atoms. The highest BCUT2D eigenvalue weighted by Crippen LogP contribution is 2.23. The van der Waals surface area contributed by atoms with Crippen LogP contribution in [0.5, 0.6) is 0 Å². The first-order chi connectivity index (χ1) is 12.7. The van der Waals surface area contributed by atoms with Crippen molar-refractivity contribution in [1.82, 2.24) is 20.2 Å². The fourth-order valence-electron chi connectivity index (χ4n) is 2.39. The normalized spacial score (nSPS) is 10.6. The molecule has 0 unspecified atom stereocenters. The van der Waals surface area contributed by atoms with Gasteiger partial charge in [0, 0.05) is 11.4 Å². The molecule has 3 rings (SSSR count). The van der Waals surface area contributed by atoms with Crippen LogP contribution in [0.25, 0.3) is 11.0 Å². The number of aromatic nitrogens is 2. The van der Waals surface area contributed by atoms with Crippen LogP contribution in [-0.4, -0.2) is 27.2 Å². The Balaban J connectivity index is 1.55. The van der Waals surface area contributed by atoms with Crippen LogP contribution in [0, 0.1) is 0 Å². The number of fused-ring (bicyclic) bond motifs is 1. The van der Waals surface area contributed by atoms with Crippen molar-refractivity contribution in [2.45, 2.75) is 18.2 Å². The second-order valence-corrected chi connectivity index (χ2v) is 7.36. The SMILES string of the molecule is C=CCn1c(SCC(=O)NC(=O)NCc2cccs2)nc2ccccc21. The molecule has 3 amide bonds. The summed E-state index contributed by atoms with van der Waals surface area (Å²) >= 11 is 2.84. The fourth-order valence-corrected chi connectivity index (χ4v) is 3.86. The number of hydrogen-bond donors (Lipinski definition) is 2. The lowest BCUT2D eigenvalue weighted by atomic mass is 10.3. The summed E-state index contributed by atoms with van der Waals surface area (Å²) in [6.07, 6.45) is 1.79. The first kappa shape index (κ1) is 18.2. The van der Waals surface area contributed by atoms with Gasteiger partial charge in [-0.3, -0.25) is 10.1 Å². The third kappa shape index (κ3) is 4.53. The number of amides is 3. The smallest absolute Gasteiger partial charge is 0.321 e. The molecular formula is C18H18N4O2S2. The Morgan fingerprint density at radius 2 is 2.12 bits per heavy atom. The van der Waals surface area contributed by atoms with Crippen LogP contribution in [0.2, 0.25) is 0 Å². The first-order valence-corrected chi connectivity index (χ1v) is 9.83.